The van der Waals surface area contributed by atoms with Crippen LogP contribution < -0.4 is 0 Å². The number of nitrogens with zero attached hydrogens (tertiary/aromatic N) is 3. The molecule has 0 aliphatic carbocycles. The van der Waals surface area contributed by atoms with E-state index in [4.69, 9.17) is 4.74 Å². The van der Waals surface area contributed by atoms with Crippen LogP contribution in [0.5, 0.6) is 0 Å². The molecule has 1 atom stereocenters. The average molecular weight is 323 g/mol. The van der Waals surface area contributed by atoms with Crippen molar-refractivity contribution in [1.29, 1.82) is 0 Å². The number of carbonyl (C=O) groups is 2. The topological polar surface area (TPSA) is 74.1 Å². The summed E-state index contributed by atoms with van der Waals surface area (Å²) in [6, 6.07) is 13.8. The minimum absolute atomic E-state index is 0.234. The number of aromatic nitrogens is 3. The Balaban J connectivity index is 1.76. The van der Waals surface area contributed by atoms with Gasteiger partial charge in [-0.15, -0.1) is 5.10 Å². The normalized spacial score (nSPS) is 12.1. The van der Waals surface area contributed by atoms with Gasteiger partial charge in [0.15, 0.2) is 6.10 Å². The smallest absolute Gasteiger partial charge is 0.338 e. The summed E-state index contributed by atoms with van der Waals surface area (Å²) in [5.41, 5.74) is 2.33. The van der Waals surface area contributed by atoms with Crippen LogP contribution in [0.2, 0.25) is 0 Å². The molecule has 2 aromatic carbocycles. The van der Waals surface area contributed by atoms with E-state index in [1.165, 1.54) is 0 Å². The van der Waals surface area contributed by atoms with Crippen LogP contribution in [0.15, 0.2) is 48.5 Å². The first kappa shape index (κ1) is 15.9. The zero-order valence-corrected chi connectivity index (χ0v) is 13.5. The molecule has 0 fully saturated rings. The minimum Gasteiger partial charge on any atom is -0.451 e. The minimum atomic E-state index is -0.859. The van der Waals surface area contributed by atoms with Crippen LogP contribution in [0.25, 0.3) is 11.0 Å². The molecule has 0 radical (unpaired) electrons. The van der Waals surface area contributed by atoms with E-state index in [9.17, 15) is 9.59 Å². The van der Waals surface area contributed by atoms with Crippen molar-refractivity contribution in [3.63, 3.8) is 0 Å². The van der Waals surface area contributed by atoms with Gasteiger partial charge in [-0.05, 0) is 32.0 Å². The summed E-state index contributed by atoms with van der Waals surface area (Å²) in [7, 11) is 0. The molecular formula is C18H17N3O3. The van der Waals surface area contributed by atoms with Gasteiger partial charge in [-0.25, -0.2) is 9.48 Å². The van der Waals surface area contributed by atoms with Crippen molar-refractivity contribution < 1.29 is 14.3 Å². The Labute approximate surface area is 139 Å². The van der Waals surface area contributed by atoms with Crippen molar-refractivity contribution in [2.24, 2.45) is 0 Å². The number of hydrogen-bond donors (Lipinski definition) is 0. The Hall–Kier alpha value is -3.02. The van der Waals surface area contributed by atoms with Gasteiger partial charge in [-0.1, -0.05) is 35.5 Å². The predicted molar refractivity (Wildman–Crippen MR) is 88.9 cm³/mol. The molecule has 122 valence electrons. The molecule has 0 aliphatic heterocycles. The Morgan fingerprint density at radius 1 is 1.12 bits per heavy atom. The molecule has 0 aliphatic rings. The molecule has 0 amide bonds. The van der Waals surface area contributed by atoms with Crippen molar-refractivity contribution in [1.82, 2.24) is 15.0 Å². The van der Waals surface area contributed by atoms with Crippen molar-refractivity contribution in [3.05, 3.63) is 59.7 Å². The summed E-state index contributed by atoms with van der Waals surface area (Å²) in [5.74, 6) is -0.790. The molecule has 6 nitrogen and oxygen atoms in total. The number of rotatable bonds is 5. The zero-order chi connectivity index (χ0) is 17.1. The number of fused-ring (bicyclic) bond motifs is 1. The van der Waals surface area contributed by atoms with E-state index in [1.807, 2.05) is 13.0 Å². The number of aryl methyl sites for hydroxylation is 1. The van der Waals surface area contributed by atoms with E-state index in [1.54, 1.807) is 54.1 Å². The summed E-state index contributed by atoms with van der Waals surface area (Å²) in [6.07, 6.45) is -0.859. The Kier molecular flexibility index (Phi) is 4.37. The van der Waals surface area contributed by atoms with Crippen LogP contribution in [-0.2, 0) is 11.3 Å². The second kappa shape index (κ2) is 6.62. The van der Waals surface area contributed by atoms with Crippen LogP contribution in [0, 0.1) is 0 Å². The van der Waals surface area contributed by atoms with Gasteiger partial charge in [-0.3, -0.25) is 4.79 Å². The molecule has 1 aromatic heterocycles. The molecule has 3 aromatic rings. The molecule has 0 bridgehead atoms. The lowest BCUT2D eigenvalue weighted by atomic mass is 10.1. The third kappa shape index (κ3) is 3.03. The lowest BCUT2D eigenvalue weighted by Crippen LogP contribution is -2.24. The van der Waals surface area contributed by atoms with Gasteiger partial charge in [0.2, 0.25) is 5.78 Å². The van der Waals surface area contributed by atoms with Gasteiger partial charge in [-0.2, -0.15) is 0 Å². The summed E-state index contributed by atoms with van der Waals surface area (Å²) < 4.78 is 7.03. The summed E-state index contributed by atoms with van der Waals surface area (Å²) in [4.78, 5) is 24.5. The van der Waals surface area contributed by atoms with E-state index in [2.05, 4.69) is 10.3 Å². The van der Waals surface area contributed by atoms with Gasteiger partial charge in [0.1, 0.15) is 5.52 Å². The second-order valence-corrected chi connectivity index (χ2v) is 5.39. The molecule has 24 heavy (non-hydrogen) atoms. The van der Waals surface area contributed by atoms with E-state index >= 15 is 0 Å². The Morgan fingerprint density at radius 3 is 2.58 bits per heavy atom. The van der Waals surface area contributed by atoms with Crippen LogP contribution >= 0.6 is 0 Å². The fourth-order valence-corrected chi connectivity index (χ4v) is 2.45. The molecule has 1 heterocycles. The van der Waals surface area contributed by atoms with Gasteiger partial charge in [0.25, 0.3) is 0 Å². The Morgan fingerprint density at radius 2 is 1.88 bits per heavy atom. The summed E-state index contributed by atoms with van der Waals surface area (Å²) in [6.45, 7) is 4.23. The largest absolute Gasteiger partial charge is 0.451 e. The highest BCUT2D eigenvalue weighted by Crippen LogP contribution is 2.15. The van der Waals surface area contributed by atoms with Crippen LogP contribution in [0.3, 0.4) is 0 Å². The highest BCUT2D eigenvalue weighted by atomic mass is 16.5. The zero-order valence-electron chi connectivity index (χ0n) is 13.5. The van der Waals surface area contributed by atoms with Gasteiger partial charge in [0.05, 0.1) is 11.1 Å². The predicted octanol–water partition coefficient (Wildman–Crippen LogP) is 2.88. The first-order valence-corrected chi connectivity index (χ1v) is 7.73. The summed E-state index contributed by atoms with van der Waals surface area (Å²) >= 11 is 0. The van der Waals surface area contributed by atoms with Crippen LogP contribution in [-0.4, -0.2) is 32.9 Å². The number of carbonyl (C=O) groups excluding carboxylic acids is 2. The highest BCUT2D eigenvalue weighted by molar-refractivity contribution is 6.01. The van der Waals surface area contributed by atoms with Crippen molar-refractivity contribution >= 4 is 22.8 Å². The maximum Gasteiger partial charge on any atom is 0.338 e. The fraction of sp³-hybridized carbons (Fsp3) is 0.222. The number of Topliss-reactive ketones (excluding diaryl/α,β-unsaturated/α-hetero) is 1. The van der Waals surface area contributed by atoms with Gasteiger partial charge < -0.3 is 4.74 Å². The van der Waals surface area contributed by atoms with E-state index in [0.717, 1.165) is 5.52 Å². The number of benzene rings is 2. The van der Waals surface area contributed by atoms with Crippen LogP contribution in [0.4, 0.5) is 0 Å². The first-order valence-electron chi connectivity index (χ1n) is 7.73. The first-order chi connectivity index (χ1) is 11.6. The lowest BCUT2D eigenvalue weighted by Gasteiger charge is -2.12. The molecule has 0 saturated heterocycles. The second-order valence-electron chi connectivity index (χ2n) is 5.39. The number of ether oxygens (including phenoxy) is 1. The molecular weight excluding hydrogens is 306 g/mol. The molecule has 0 spiro atoms. The summed E-state index contributed by atoms with van der Waals surface area (Å²) in [5, 5.41) is 8.04. The SMILES string of the molecule is CCn1nnc2cc(C(=O)O[C@@H](C)C(=O)c3ccccc3)ccc21. The molecule has 0 N–H and O–H groups in total. The van der Waals surface area contributed by atoms with Gasteiger partial charge >= 0.3 is 5.97 Å². The monoisotopic (exact) mass is 323 g/mol. The standard InChI is InChI=1S/C18H17N3O3/c1-3-21-16-10-9-14(11-15(16)19-20-21)18(23)24-12(2)17(22)13-7-5-4-6-8-13/h4-12H,3H2,1-2H3/t12-/m0/s1. The molecule has 0 saturated carbocycles. The van der Waals surface area contributed by atoms with E-state index in [0.29, 0.717) is 23.2 Å². The third-order valence-corrected chi connectivity index (χ3v) is 3.76. The average Bonchev–Trinajstić information content (AvgIpc) is 3.04. The van der Waals surface area contributed by atoms with Crippen LogP contribution in [0.1, 0.15) is 34.6 Å². The molecule has 3 rings (SSSR count). The fourth-order valence-electron chi connectivity index (χ4n) is 2.45. The van der Waals surface area contributed by atoms with E-state index in [-0.39, 0.29) is 5.78 Å². The molecule has 0 unspecified atom stereocenters. The van der Waals surface area contributed by atoms with Gasteiger partial charge in [0, 0.05) is 12.1 Å². The lowest BCUT2D eigenvalue weighted by molar-refractivity contribution is 0.0319. The Bertz CT molecular complexity index is 887. The maximum atomic E-state index is 12.3. The van der Waals surface area contributed by atoms with E-state index < -0.39 is 12.1 Å². The van der Waals surface area contributed by atoms with Crippen molar-refractivity contribution in [2.45, 2.75) is 26.5 Å². The number of ketones is 1. The third-order valence-electron chi connectivity index (χ3n) is 3.76. The van der Waals surface area contributed by atoms with Crippen molar-refractivity contribution in [3.8, 4) is 0 Å². The highest BCUT2D eigenvalue weighted by Gasteiger charge is 2.20. The maximum absolute atomic E-state index is 12.3. The number of hydrogen-bond acceptors (Lipinski definition) is 5. The molecule has 6 heteroatoms. The number of esters is 1. The quantitative estimate of drug-likeness (QED) is 0.533. The van der Waals surface area contributed by atoms with Crippen molar-refractivity contribution in [2.75, 3.05) is 0 Å².